The van der Waals surface area contributed by atoms with E-state index in [0.29, 0.717) is 11.7 Å². The molecule has 0 spiro atoms. The Morgan fingerprint density at radius 1 is 1.22 bits per heavy atom. The maximum atomic E-state index is 12.1. The van der Waals surface area contributed by atoms with Gasteiger partial charge in [-0.15, -0.1) is 0 Å². The lowest BCUT2D eigenvalue weighted by atomic mass is 10.2. The van der Waals surface area contributed by atoms with Gasteiger partial charge in [0.2, 0.25) is 5.91 Å². The Morgan fingerprint density at radius 3 is 2.83 bits per heavy atom. The SMILES string of the molecule is CCOc1ccccc1/C=C/C(=O)Nc1nc2ccccc2s1. The zero-order chi connectivity index (χ0) is 16.1. The number of nitrogens with zero attached hydrogens (tertiary/aromatic N) is 1. The predicted octanol–water partition coefficient (Wildman–Crippen LogP) is 4.35. The number of benzene rings is 2. The number of carbonyl (C=O) groups is 1. The van der Waals surface area contributed by atoms with Crippen molar-refractivity contribution < 1.29 is 9.53 Å². The number of amides is 1. The van der Waals surface area contributed by atoms with E-state index in [0.717, 1.165) is 21.5 Å². The van der Waals surface area contributed by atoms with Crippen molar-refractivity contribution in [3.05, 3.63) is 60.2 Å². The van der Waals surface area contributed by atoms with E-state index in [9.17, 15) is 4.79 Å². The highest BCUT2D eigenvalue weighted by molar-refractivity contribution is 7.22. The molecule has 1 heterocycles. The van der Waals surface area contributed by atoms with Crippen LogP contribution >= 0.6 is 11.3 Å². The van der Waals surface area contributed by atoms with Crippen molar-refractivity contribution in [2.24, 2.45) is 0 Å². The van der Waals surface area contributed by atoms with Crippen LogP contribution in [0.25, 0.3) is 16.3 Å². The summed E-state index contributed by atoms with van der Waals surface area (Å²) in [7, 11) is 0. The highest BCUT2D eigenvalue weighted by atomic mass is 32.1. The molecule has 0 aliphatic rings. The van der Waals surface area contributed by atoms with Crippen LogP contribution in [0.3, 0.4) is 0 Å². The van der Waals surface area contributed by atoms with Gasteiger partial charge in [0.1, 0.15) is 5.75 Å². The number of fused-ring (bicyclic) bond motifs is 1. The summed E-state index contributed by atoms with van der Waals surface area (Å²) < 4.78 is 6.58. The van der Waals surface area contributed by atoms with Crippen molar-refractivity contribution in [1.82, 2.24) is 4.98 Å². The van der Waals surface area contributed by atoms with Crippen molar-refractivity contribution in [3.8, 4) is 5.75 Å². The summed E-state index contributed by atoms with van der Waals surface area (Å²) in [6.07, 6.45) is 3.23. The minimum atomic E-state index is -0.213. The van der Waals surface area contributed by atoms with Crippen molar-refractivity contribution in [2.75, 3.05) is 11.9 Å². The summed E-state index contributed by atoms with van der Waals surface area (Å²) in [6.45, 7) is 2.52. The van der Waals surface area contributed by atoms with Gasteiger partial charge in [0.25, 0.3) is 0 Å². The number of carbonyl (C=O) groups excluding carboxylic acids is 1. The quantitative estimate of drug-likeness (QED) is 0.710. The molecule has 4 nitrogen and oxygen atoms in total. The highest BCUT2D eigenvalue weighted by Gasteiger charge is 2.05. The van der Waals surface area contributed by atoms with E-state index in [1.54, 1.807) is 6.08 Å². The summed E-state index contributed by atoms with van der Waals surface area (Å²) in [4.78, 5) is 16.4. The molecular weight excluding hydrogens is 308 g/mol. The predicted molar refractivity (Wildman–Crippen MR) is 94.9 cm³/mol. The number of ether oxygens (including phenoxy) is 1. The smallest absolute Gasteiger partial charge is 0.250 e. The second-order valence-corrected chi connectivity index (χ2v) is 5.81. The lowest BCUT2D eigenvalue weighted by Crippen LogP contribution is -2.07. The van der Waals surface area contributed by atoms with Gasteiger partial charge < -0.3 is 4.74 Å². The number of hydrogen-bond acceptors (Lipinski definition) is 4. The van der Waals surface area contributed by atoms with E-state index in [2.05, 4.69) is 10.3 Å². The van der Waals surface area contributed by atoms with Crippen LogP contribution in [0.15, 0.2) is 54.6 Å². The molecule has 0 aliphatic heterocycles. The average molecular weight is 324 g/mol. The van der Waals surface area contributed by atoms with Crippen LogP contribution in [-0.4, -0.2) is 17.5 Å². The first-order valence-corrected chi connectivity index (χ1v) is 8.14. The molecule has 1 N–H and O–H groups in total. The van der Waals surface area contributed by atoms with E-state index in [1.165, 1.54) is 17.4 Å². The Hall–Kier alpha value is -2.66. The van der Waals surface area contributed by atoms with E-state index in [1.807, 2.05) is 55.5 Å². The second-order valence-electron chi connectivity index (χ2n) is 4.78. The molecule has 23 heavy (non-hydrogen) atoms. The van der Waals surface area contributed by atoms with Crippen molar-refractivity contribution in [3.63, 3.8) is 0 Å². The molecule has 0 saturated carbocycles. The summed E-state index contributed by atoms with van der Waals surface area (Å²) in [6, 6.07) is 15.4. The lowest BCUT2D eigenvalue weighted by molar-refractivity contribution is -0.111. The van der Waals surface area contributed by atoms with Gasteiger partial charge in [-0.05, 0) is 31.2 Å². The lowest BCUT2D eigenvalue weighted by Gasteiger charge is -2.06. The first-order valence-electron chi connectivity index (χ1n) is 7.32. The molecule has 0 aliphatic carbocycles. The largest absolute Gasteiger partial charge is 0.493 e. The maximum absolute atomic E-state index is 12.1. The molecule has 0 radical (unpaired) electrons. The van der Waals surface area contributed by atoms with Crippen LogP contribution < -0.4 is 10.1 Å². The molecule has 3 rings (SSSR count). The van der Waals surface area contributed by atoms with Crippen LogP contribution in [0.4, 0.5) is 5.13 Å². The summed E-state index contributed by atoms with van der Waals surface area (Å²) >= 11 is 1.46. The number of hydrogen-bond donors (Lipinski definition) is 1. The molecule has 2 aromatic carbocycles. The first-order chi connectivity index (χ1) is 11.3. The van der Waals surface area contributed by atoms with Crippen molar-refractivity contribution >= 4 is 38.7 Å². The third-order valence-electron chi connectivity index (χ3n) is 3.16. The highest BCUT2D eigenvalue weighted by Crippen LogP contribution is 2.25. The normalized spacial score (nSPS) is 11.0. The fourth-order valence-electron chi connectivity index (χ4n) is 2.14. The number of thiazole rings is 1. The van der Waals surface area contributed by atoms with Crippen LogP contribution in [0.2, 0.25) is 0 Å². The molecule has 5 heteroatoms. The molecule has 1 aromatic heterocycles. The van der Waals surface area contributed by atoms with Gasteiger partial charge >= 0.3 is 0 Å². The van der Waals surface area contributed by atoms with Gasteiger partial charge in [-0.3, -0.25) is 10.1 Å². The Bertz CT molecular complexity index is 822. The van der Waals surface area contributed by atoms with Crippen LogP contribution in [0.1, 0.15) is 12.5 Å². The number of anilines is 1. The Balaban J connectivity index is 1.71. The molecule has 116 valence electrons. The monoisotopic (exact) mass is 324 g/mol. The minimum Gasteiger partial charge on any atom is -0.493 e. The zero-order valence-corrected chi connectivity index (χ0v) is 13.5. The number of nitrogens with one attached hydrogen (secondary N) is 1. The standard InChI is InChI=1S/C18H16N2O2S/c1-2-22-15-9-5-3-7-13(15)11-12-17(21)20-18-19-14-8-4-6-10-16(14)23-18/h3-12H,2H2,1H3,(H,19,20,21)/b12-11+. The molecule has 1 amide bonds. The van der Waals surface area contributed by atoms with Crippen LogP contribution in [0.5, 0.6) is 5.75 Å². The third kappa shape index (κ3) is 3.76. The van der Waals surface area contributed by atoms with Crippen molar-refractivity contribution in [2.45, 2.75) is 6.92 Å². The molecular formula is C18H16N2O2S. The number of rotatable bonds is 5. The van der Waals surface area contributed by atoms with Crippen LogP contribution in [-0.2, 0) is 4.79 Å². The minimum absolute atomic E-state index is 0.213. The molecule has 0 saturated heterocycles. The zero-order valence-electron chi connectivity index (χ0n) is 12.7. The van der Waals surface area contributed by atoms with Gasteiger partial charge in [-0.25, -0.2) is 4.98 Å². The Labute approximate surface area is 138 Å². The van der Waals surface area contributed by atoms with Gasteiger partial charge in [-0.1, -0.05) is 41.7 Å². The van der Waals surface area contributed by atoms with Crippen molar-refractivity contribution in [1.29, 1.82) is 0 Å². The van der Waals surface area contributed by atoms with Gasteiger partial charge in [0.15, 0.2) is 5.13 Å². The maximum Gasteiger partial charge on any atom is 0.250 e. The van der Waals surface area contributed by atoms with E-state index in [4.69, 9.17) is 4.74 Å². The molecule has 0 atom stereocenters. The average Bonchev–Trinajstić information content (AvgIpc) is 2.96. The summed E-state index contributed by atoms with van der Waals surface area (Å²) in [5.41, 5.74) is 1.76. The molecule has 3 aromatic rings. The van der Waals surface area contributed by atoms with Crippen LogP contribution in [0, 0.1) is 0 Å². The van der Waals surface area contributed by atoms with Gasteiger partial charge in [-0.2, -0.15) is 0 Å². The summed E-state index contributed by atoms with van der Waals surface area (Å²) in [5, 5.41) is 3.39. The van der Waals surface area contributed by atoms with E-state index < -0.39 is 0 Å². The Kier molecular flexibility index (Phi) is 4.68. The fourth-order valence-corrected chi connectivity index (χ4v) is 3.01. The van der Waals surface area contributed by atoms with Gasteiger partial charge in [0, 0.05) is 11.6 Å². The fraction of sp³-hybridized carbons (Fsp3) is 0.111. The molecule has 0 bridgehead atoms. The second kappa shape index (κ2) is 7.07. The summed E-state index contributed by atoms with van der Waals surface area (Å²) in [5.74, 6) is 0.550. The van der Waals surface area contributed by atoms with Gasteiger partial charge in [0.05, 0.1) is 16.8 Å². The van der Waals surface area contributed by atoms with E-state index >= 15 is 0 Å². The molecule has 0 unspecified atom stereocenters. The van der Waals surface area contributed by atoms with E-state index in [-0.39, 0.29) is 5.91 Å². The first kappa shape index (κ1) is 15.2. The molecule has 0 fully saturated rings. The topological polar surface area (TPSA) is 51.2 Å². The number of para-hydroxylation sites is 2. The number of aromatic nitrogens is 1. The Morgan fingerprint density at radius 2 is 2.00 bits per heavy atom. The third-order valence-corrected chi connectivity index (χ3v) is 4.11.